The molecular weight excluding hydrogens is 186 g/mol. The maximum atomic E-state index is 11.5. The van der Waals surface area contributed by atoms with Crippen molar-refractivity contribution in [3.05, 3.63) is 12.2 Å². The second-order valence-corrected chi connectivity index (χ2v) is 5.81. The van der Waals surface area contributed by atoms with Gasteiger partial charge in [0.1, 0.15) is 0 Å². The Morgan fingerprint density at radius 2 is 1.73 bits per heavy atom. The van der Waals surface area contributed by atoms with Crippen LogP contribution in [0.15, 0.2) is 12.2 Å². The molecule has 0 atom stereocenters. The number of rotatable bonds is 5. The van der Waals surface area contributed by atoms with Gasteiger partial charge in [0.2, 0.25) is 5.91 Å². The maximum Gasteiger partial charge on any atom is 0.246 e. The molecule has 0 spiro atoms. The van der Waals surface area contributed by atoms with Crippen LogP contribution in [0.5, 0.6) is 0 Å². The van der Waals surface area contributed by atoms with E-state index in [1.165, 1.54) is 0 Å². The van der Waals surface area contributed by atoms with Crippen LogP contribution in [-0.4, -0.2) is 11.4 Å². The predicted molar refractivity (Wildman–Crippen MR) is 65.7 cm³/mol. The van der Waals surface area contributed by atoms with Gasteiger partial charge in [-0.3, -0.25) is 4.79 Å². The summed E-state index contributed by atoms with van der Waals surface area (Å²) in [7, 11) is 0. The van der Waals surface area contributed by atoms with Gasteiger partial charge in [0.15, 0.2) is 0 Å². The second-order valence-electron chi connectivity index (χ2n) is 5.81. The van der Waals surface area contributed by atoms with Crippen LogP contribution in [-0.2, 0) is 4.79 Å². The van der Waals surface area contributed by atoms with Crippen LogP contribution in [0.2, 0.25) is 0 Å². The smallest absolute Gasteiger partial charge is 0.246 e. The molecule has 0 aromatic carbocycles. The molecule has 0 heterocycles. The first-order valence-electron chi connectivity index (χ1n) is 5.58. The van der Waals surface area contributed by atoms with Crippen molar-refractivity contribution < 1.29 is 4.79 Å². The Hall–Kier alpha value is -0.790. The monoisotopic (exact) mass is 211 g/mol. The molecule has 0 radical (unpaired) electrons. The van der Waals surface area contributed by atoms with Crippen LogP contribution < -0.4 is 5.32 Å². The molecule has 2 nitrogen and oxygen atoms in total. The summed E-state index contributed by atoms with van der Waals surface area (Å²) in [6, 6.07) is 0. The van der Waals surface area contributed by atoms with Crippen molar-refractivity contribution in [2.45, 2.75) is 59.9 Å². The van der Waals surface area contributed by atoms with Gasteiger partial charge in [0.25, 0.3) is 0 Å². The van der Waals surface area contributed by atoms with Gasteiger partial charge in [0.05, 0.1) is 0 Å². The lowest BCUT2D eigenvalue weighted by Crippen LogP contribution is -2.46. The van der Waals surface area contributed by atoms with Crippen LogP contribution in [0.25, 0.3) is 0 Å². The molecule has 0 fully saturated rings. The van der Waals surface area contributed by atoms with Gasteiger partial charge in [-0.1, -0.05) is 33.8 Å². The van der Waals surface area contributed by atoms with Gasteiger partial charge in [-0.25, -0.2) is 0 Å². The van der Waals surface area contributed by atoms with Gasteiger partial charge in [0, 0.05) is 11.1 Å². The molecule has 0 bridgehead atoms. The summed E-state index contributed by atoms with van der Waals surface area (Å²) in [5.74, 6) is -0.0492. The van der Waals surface area contributed by atoms with Crippen LogP contribution in [0.3, 0.4) is 0 Å². The summed E-state index contributed by atoms with van der Waals surface area (Å²) >= 11 is 0. The first-order chi connectivity index (χ1) is 6.59. The van der Waals surface area contributed by atoms with E-state index in [0.717, 1.165) is 12.8 Å². The molecule has 0 aromatic heterocycles. The maximum absolute atomic E-state index is 11.5. The number of carbonyl (C=O) groups excluding carboxylic acids is 1. The molecule has 2 heteroatoms. The van der Waals surface area contributed by atoms with E-state index in [1.807, 2.05) is 0 Å². The molecule has 0 saturated carbocycles. The number of carbonyl (C=O) groups is 1. The highest BCUT2D eigenvalue weighted by Crippen LogP contribution is 2.30. The third-order valence-corrected chi connectivity index (χ3v) is 2.72. The Morgan fingerprint density at radius 1 is 1.27 bits per heavy atom. The average molecular weight is 211 g/mol. The zero-order valence-corrected chi connectivity index (χ0v) is 11.0. The first-order valence-corrected chi connectivity index (χ1v) is 5.58. The zero-order chi connectivity index (χ0) is 12.3. The highest BCUT2D eigenvalue weighted by Gasteiger charge is 2.28. The Balaban J connectivity index is 4.43. The van der Waals surface area contributed by atoms with E-state index in [-0.39, 0.29) is 16.9 Å². The molecule has 1 amide bonds. The number of nitrogens with one attached hydrogen (secondary N) is 1. The highest BCUT2D eigenvalue weighted by atomic mass is 16.1. The third-order valence-electron chi connectivity index (χ3n) is 2.72. The van der Waals surface area contributed by atoms with E-state index >= 15 is 0 Å². The summed E-state index contributed by atoms with van der Waals surface area (Å²) in [5, 5.41) is 3.01. The SMILES string of the molecule is C=C(C)C(=O)NC(C)(C)CC(C)(C)CC. The van der Waals surface area contributed by atoms with Crippen molar-refractivity contribution in [2.75, 3.05) is 0 Å². The van der Waals surface area contributed by atoms with E-state index < -0.39 is 0 Å². The van der Waals surface area contributed by atoms with E-state index in [9.17, 15) is 4.79 Å². The molecule has 1 N–H and O–H groups in total. The standard InChI is InChI=1S/C13H25NO/c1-8-12(4,5)9-13(6,7)14-11(15)10(2)3/h2,8-9H2,1,3-7H3,(H,14,15). The lowest BCUT2D eigenvalue weighted by Gasteiger charge is -2.35. The molecule has 0 unspecified atom stereocenters. The van der Waals surface area contributed by atoms with E-state index in [1.54, 1.807) is 6.92 Å². The van der Waals surface area contributed by atoms with Crippen molar-refractivity contribution in [1.82, 2.24) is 5.32 Å². The van der Waals surface area contributed by atoms with Crippen molar-refractivity contribution in [3.63, 3.8) is 0 Å². The molecule has 15 heavy (non-hydrogen) atoms. The van der Waals surface area contributed by atoms with Gasteiger partial charge >= 0.3 is 0 Å². The lowest BCUT2D eigenvalue weighted by molar-refractivity contribution is -0.119. The average Bonchev–Trinajstić information content (AvgIpc) is 2.01. The Morgan fingerprint density at radius 3 is 2.07 bits per heavy atom. The van der Waals surface area contributed by atoms with E-state index in [4.69, 9.17) is 0 Å². The van der Waals surface area contributed by atoms with E-state index in [2.05, 4.69) is 46.5 Å². The second kappa shape index (κ2) is 4.82. The quantitative estimate of drug-likeness (QED) is 0.695. The molecule has 0 saturated heterocycles. The number of amides is 1. The van der Waals surface area contributed by atoms with Crippen LogP contribution in [0, 0.1) is 5.41 Å². The summed E-state index contributed by atoms with van der Waals surface area (Å²) in [6.45, 7) is 16.1. The largest absolute Gasteiger partial charge is 0.347 e. The summed E-state index contributed by atoms with van der Waals surface area (Å²) in [4.78, 5) is 11.5. The van der Waals surface area contributed by atoms with Crippen LogP contribution in [0.1, 0.15) is 54.4 Å². The number of hydrogen-bond donors (Lipinski definition) is 1. The van der Waals surface area contributed by atoms with Gasteiger partial charge < -0.3 is 5.32 Å². The minimum absolute atomic E-state index is 0.0492. The fourth-order valence-electron chi connectivity index (χ4n) is 1.78. The Labute approximate surface area is 94.1 Å². The van der Waals surface area contributed by atoms with Crippen molar-refractivity contribution in [1.29, 1.82) is 0 Å². The van der Waals surface area contributed by atoms with Crippen molar-refractivity contribution >= 4 is 5.91 Å². The lowest BCUT2D eigenvalue weighted by atomic mass is 9.78. The molecule has 0 aliphatic heterocycles. The number of hydrogen-bond acceptors (Lipinski definition) is 1. The molecule has 88 valence electrons. The van der Waals surface area contributed by atoms with E-state index in [0.29, 0.717) is 5.57 Å². The van der Waals surface area contributed by atoms with Crippen molar-refractivity contribution in [3.8, 4) is 0 Å². The fraction of sp³-hybridized carbons (Fsp3) is 0.769. The van der Waals surface area contributed by atoms with Gasteiger partial charge in [-0.05, 0) is 32.6 Å². The predicted octanol–water partition coefficient (Wildman–Crippen LogP) is 3.28. The molecule has 0 aliphatic rings. The highest BCUT2D eigenvalue weighted by molar-refractivity contribution is 5.92. The van der Waals surface area contributed by atoms with Crippen molar-refractivity contribution in [2.24, 2.45) is 5.41 Å². The molecule has 0 rings (SSSR count). The molecule has 0 aliphatic carbocycles. The molecular formula is C13H25NO. The Kier molecular flexibility index (Phi) is 4.57. The van der Waals surface area contributed by atoms with Crippen LogP contribution in [0.4, 0.5) is 0 Å². The minimum atomic E-state index is -0.171. The Bertz CT molecular complexity index is 251. The van der Waals surface area contributed by atoms with Gasteiger partial charge in [-0.15, -0.1) is 0 Å². The summed E-state index contributed by atoms with van der Waals surface area (Å²) in [6.07, 6.45) is 2.08. The minimum Gasteiger partial charge on any atom is -0.347 e. The van der Waals surface area contributed by atoms with Gasteiger partial charge in [-0.2, -0.15) is 0 Å². The third kappa shape index (κ3) is 5.60. The fourth-order valence-corrected chi connectivity index (χ4v) is 1.78. The zero-order valence-electron chi connectivity index (χ0n) is 11.0. The first kappa shape index (κ1) is 14.2. The topological polar surface area (TPSA) is 29.1 Å². The molecule has 0 aromatic rings. The summed E-state index contributed by atoms with van der Waals surface area (Å²) in [5.41, 5.74) is 0.652. The van der Waals surface area contributed by atoms with Crippen LogP contribution >= 0.6 is 0 Å². The summed E-state index contributed by atoms with van der Waals surface area (Å²) < 4.78 is 0. The normalized spacial score (nSPS) is 12.4.